The van der Waals surface area contributed by atoms with Crippen LogP contribution in [0.2, 0.25) is 0 Å². The number of halogens is 6. The molecule has 24 heavy (non-hydrogen) atoms. The number of amides is 1. The van der Waals surface area contributed by atoms with Crippen molar-refractivity contribution in [2.24, 2.45) is 5.41 Å². The fraction of sp³-hybridized carbons (Fsp3) is 0.429. The third kappa shape index (κ3) is 3.04. The van der Waals surface area contributed by atoms with E-state index in [1.807, 2.05) is 0 Å². The van der Waals surface area contributed by atoms with Crippen LogP contribution in [-0.4, -0.2) is 41.1 Å². The molecule has 1 fully saturated rings. The Morgan fingerprint density at radius 2 is 1.58 bits per heavy atom. The number of nitrogens with zero attached hydrogens (tertiary/aromatic N) is 1. The second-order valence-corrected chi connectivity index (χ2v) is 5.44. The first-order valence-electron chi connectivity index (χ1n) is 6.65. The number of hydrogen-bond acceptors (Lipinski definition) is 2. The topological polar surface area (TPSA) is 57.6 Å². The van der Waals surface area contributed by atoms with Gasteiger partial charge in [0.2, 0.25) is 0 Å². The lowest BCUT2D eigenvalue weighted by atomic mass is 9.86. The van der Waals surface area contributed by atoms with E-state index in [1.54, 1.807) is 0 Å². The van der Waals surface area contributed by atoms with Crippen molar-refractivity contribution in [2.75, 3.05) is 13.1 Å². The average molecular weight is 355 g/mol. The van der Waals surface area contributed by atoms with Gasteiger partial charge in [0.15, 0.2) is 5.41 Å². The minimum absolute atomic E-state index is 0.244. The van der Waals surface area contributed by atoms with Gasteiger partial charge >= 0.3 is 18.3 Å². The fourth-order valence-corrected chi connectivity index (χ4v) is 2.49. The molecule has 1 aromatic rings. The van der Waals surface area contributed by atoms with Gasteiger partial charge in [0.25, 0.3) is 5.91 Å². The highest BCUT2D eigenvalue weighted by atomic mass is 19.4. The molecule has 1 aliphatic heterocycles. The van der Waals surface area contributed by atoms with E-state index in [9.17, 15) is 35.9 Å². The van der Waals surface area contributed by atoms with Gasteiger partial charge in [0.1, 0.15) is 0 Å². The van der Waals surface area contributed by atoms with Crippen LogP contribution >= 0.6 is 0 Å². The maximum Gasteiger partial charge on any atom is 0.416 e. The Labute approximate surface area is 131 Å². The van der Waals surface area contributed by atoms with Crippen LogP contribution in [0.15, 0.2) is 24.3 Å². The monoisotopic (exact) mass is 355 g/mol. The highest BCUT2D eigenvalue weighted by Gasteiger charge is 2.64. The number of carboxylic acids is 1. The van der Waals surface area contributed by atoms with Gasteiger partial charge in [-0.2, -0.15) is 26.3 Å². The van der Waals surface area contributed by atoms with Crippen molar-refractivity contribution in [3.63, 3.8) is 0 Å². The Hall–Kier alpha value is -2.26. The number of aliphatic carboxylic acids is 1. The molecule has 1 aromatic carbocycles. The minimum atomic E-state index is -5.05. The summed E-state index contributed by atoms with van der Waals surface area (Å²) in [4.78, 5) is 23.9. The number of carbonyl (C=O) groups excluding carboxylic acids is 1. The van der Waals surface area contributed by atoms with E-state index in [-0.39, 0.29) is 5.56 Å². The largest absolute Gasteiger partial charge is 0.481 e. The Balaban J connectivity index is 2.22. The molecule has 1 heterocycles. The average Bonchev–Trinajstić information content (AvgIpc) is 2.92. The smallest absolute Gasteiger partial charge is 0.416 e. The summed E-state index contributed by atoms with van der Waals surface area (Å²) in [6, 6.07) is 2.97. The zero-order chi connectivity index (χ0) is 18.3. The van der Waals surface area contributed by atoms with Gasteiger partial charge in [0, 0.05) is 18.7 Å². The number of carboxylic acid groups (broad SMARTS) is 1. The molecule has 1 amide bonds. The first-order chi connectivity index (χ1) is 10.9. The Morgan fingerprint density at radius 1 is 1.04 bits per heavy atom. The van der Waals surface area contributed by atoms with Crippen molar-refractivity contribution in [1.29, 1.82) is 0 Å². The molecule has 0 radical (unpaired) electrons. The fourth-order valence-electron chi connectivity index (χ4n) is 2.49. The molecule has 10 heteroatoms. The minimum Gasteiger partial charge on any atom is -0.481 e. The normalized spacial score (nSPS) is 21.8. The summed E-state index contributed by atoms with van der Waals surface area (Å²) < 4.78 is 76.5. The summed E-state index contributed by atoms with van der Waals surface area (Å²) in [5, 5.41) is 8.91. The lowest BCUT2D eigenvalue weighted by Gasteiger charge is -2.27. The van der Waals surface area contributed by atoms with Crippen molar-refractivity contribution in [1.82, 2.24) is 4.90 Å². The van der Waals surface area contributed by atoms with Crippen LogP contribution in [-0.2, 0) is 11.0 Å². The van der Waals surface area contributed by atoms with E-state index in [4.69, 9.17) is 5.11 Å². The third-order valence-electron chi connectivity index (χ3n) is 3.97. The standard InChI is InChI=1S/C14H11F6NO3/c15-13(16,17)9-3-1-8(2-4-9)10(22)21-6-5-12(7-21,11(23)24)14(18,19)20/h1-4H,5-7H2,(H,23,24). The molecule has 4 nitrogen and oxygen atoms in total. The van der Waals surface area contributed by atoms with E-state index >= 15 is 0 Å². The zero-order valence-electron chi connectivity index (χ0n) is 11.9. The number of benzene rings is 1. The van der Waals surface area contributed by atoms with Crippen molar-refractivity contribution in [2.45, 2.75) is 18.8 Å². The summed E-state index contributed by atoms with van der Waals surface area (Å²) >= 11 is 0. The molecule has 0 aliphatic carbocycles. The van der Waals surface area contributed by atoms with Gasteiger partial charge in [-0.3, -0.25) is 9.59 Å². The second-order valence-electron chi connectivity index (χ2n) is 5.44. The molecule has 1 unspecified atom stereocenters. The maximum absolute atomic E-state index is 13.0. The van der Waals surface area contributed by atoms with Crippen LogP contribution in [0.4, 0.5) is 26.3 Å². The summed E-state index contributed by atoms with van der Waals surface area (Å²) in [5.74, 6) is -3.03. The summed E-state index contributed by atoms with van der Waals surface area (Å²) in [7, 11) is 0. The highest BCUT2D eigenvalue weighted by Crippen LogP contribution is 2.46. The van der Waals surface area contributed by atoms with Gasteiger partial charge in [-0.25, -0.2) is 0 Å². The molecule has 1 saturated heterocycles. The highest BCUT2D eigenvalue weighted by molar-refractivity contribution is 5.95. The number of carbonyl (C=O) groups is 2. The van der Waals surface area contributed by atoms with Crippen LogP contribution in [0, 0.1) is 5.41 Å². The number of alkyl halides is 6. The van der Waals surface area contributed by atoms with E-state index in [1.165, 1.54) is 0 Å². The molecule has 1 atom stereocenters. The van der Waals surface area contributed by atoms with E-state index in [0.29, 0.717) is 17.0 Å². The van der Waals surface area contributed by atoms with Gasteiger partial charge in [0.05, 0.1) is 5.56 Å². The SMILES string of the molecule is O=C(c1ccc(C(F)(F)F)cc1)N1CCC(C(=O)O)(C(F)(F)F)C1. The zero-order valence-corrected chi connectivity index (χ0v) is 11.9. The van der Waals surface area contributed by atoms with Crippen molar-refractivity contribution < 1.29 is 41.0 Å². The Kier molecular flexibility index (Phi) is 4.28. The van der Waals surface area contributed by atoms with Gasteiger partial charge in [-0.15, -0.1) is 0 Å². The molecule has 0 spiro atoms. The molecular formula is C14H11F6NO3. The van der Waals surface area contributed by atoms with Crippen molar-refractivity contribution in [3.05, 3.63) is 35.4 Å². The predicted octanol–water partition coefficient (Wildman–Crippen LogP) is 3.18. The number of likely N-dealkylation sites (tertiary alicyclic amines) is 1. The van der Waals surface area contributed by atoms with E-state index < -0.39 is 54.7 Å². The number of hydrogen-bond donors (Lipinski definition) is 1. The van der Waals surface area contributed by atoms with Crippen LogP contribution in [0.3, 0.4) is 0 Å². The Morgan fingerprint density at radius 3 is 1.96 bits per heavy atom. The lowest BCUT2D eigenvalue weighted by Crippen LogP contribution is -2.47. The molecule has 0 bridgehead atoms. The van der Waals surface area contributed by atoms with E-state index in [0.717, 1.165) is 12.1 Å². The van der Waals surface area contributed by atoms with E-state index in [2.05, 4.69) is 0 Å². The summed E-state index contributed by atoms with van der Waals surface area (Å²) in [6.45, 7) is -1.53. The first kappa shape index (κ1) is 18.1. The van der Waals surface area contributed by atoms with Crippen LogP contribution < -0.4 is 0 Å². The van der Waals surface area contributed by atoms with Crippen LogP contribution in [0.5, 0.6) is 0 Å². The van der Waals surface area contributed by atoms with Crippen molar-refractivity contribution >= 4 is 11.9 Å². The van der Waals surface area contributed by atoms with Crippen LogP contribution in [0.1, 0.15) is 22.3 Å². The molecule has 2 rings (SSSR count). The third-order valence-corrected chi connectivity index (χ3v) is 3.97. The predicted molar refractivity (Wildman–Crippen MR) is 68.1 cm³/mol. The maximum atomic E-state index is 13.0. The molecule has 1 N–H and O–H groups in total. The van der Waals surface area contributed by atoms with Gasteiger partial charge in [-0.1, -0.05) is 0 Å². The Bertz CT molecular complexity index is 652. The molecule has 0 aromatic heterocycles. The lowest BCUT2D eigenvalue weighted by molar-refractivity contribution is -0.227. The molecule has 1 aliphatic rings. The van der Waals surface area contributed by atoms with Gasteiger partial charge < -0.3 is 10.0 Å². The second kappa shape index (κ2) is 5.67. The molecule has 0 saturated carbocycles. The molecular weight excluding hydrogens is 344 g/mol. The number of rotatable bonds is 2. The molecule has 132 valence electrons. The summed E-state index contributed by atoms with van der Waals surface area (Å²) in [6.07, 6.45) is -10.5. The van der Waals surface area contributed by atoms with Crippen molar-refractivity contribution in [3.8, 4) is 0 Å². The van der Waals surface area contributed by atoms with Crippen LogP contribution in [0.25, 0.3) is 0 Å². The quantitative estimate of drug-likeness (QED) is 0.829. The summed E-state index contributed by atoms with van der Waals surface area (Å²) in [5.41, 5.74) is -4.31. The van der Waals surface area contributed by atoms with Gasteiger partial charge in [-0.05, 0) is 30.7 Å². The first-order valence-corrected chi connectivity index (χ1v) is 6.65.